The summed E-state index contributed by atoms with van der Waals surface area (Å²) in [5.74, 6) is 0. The standard InChI is InChI=1S/C8H14O2.C7H14O2.C6H10O2/c1-3-5-8(6-10-8)7(9)4-2;1-3-5-7(9,4-2)6-8;1-2-3-6(4-7)5-8-6/h3,5,7,9H,4,6H2,1-2H3;3,5,8-9H,4,6H2,1-2H3;2-3,7H,4-5H2,1H3/b2*5-3+;3-2+/t7-,8-;7-;6-/m110/s1. The molecule has 0 spiro atoms. The fraction of sp³-hybridized carbons (Fsp3) is 0.714. The molecule has 158 valence electrons. The van der Waals surface area contributed by atoms with E-state index in [2.05, 4.69) is 0 Å². The van der Waals surface area contributed by atoms with Gasteiger partial charge in [-0.1, -0.05) is 50.3 Å². The third kappa shape index (κ3) is 9.14. The molecule has 0 saturated carbocycles. The summed E-state index contributed by atoms with van der Waals surface area (Å²) in [6, 6.07) is 0. The van der Waals surface area contributed by atoms with Crippen molar-refractivity contribution >= 4 is 0 Å². The maximum Gasteiger partial charge on any atom is 0.135 e. The van der Waals surface area contributed by atoms with Crippen LogP contribution < -0.4 is 0 Å². The Morgan fingerprint density at radius 3 is 1.74 bits per heavy atom. The number of hydrogen-bond acceptors (Lipinski definition) is 6. The lowest BCUT2D eigenvalue weighted by Gasteiger charge is -2.18. The molecule has 2 aliphatic rings. The van der Waals surface area contributed by atoms with Gasteiger partial charge in [-0.15, -0.1) is 0 Å². The number of aliphatic hydroxyl groups is 4. The lowest BCUT2D eigenvalue weighted by Crippen LogP contribution is -2.29. The van der Waals surface area contributed by atoms with Gasteiger partial charge in [0.1, 0.15) is 16.8 Å². The van der Waals surface area contributed by atoms with Gasteiger partial charge in [-0.2, -0.15) is 0 Å². The van der Waals surface area contributed by atoms with Gasteiger partial charge in [0, 0.05) is 0 Å². The van der Waals surface area contributed by atoms with Crippen LogP contribution in [-0.4, -0.2) is 69.8 Å². The highest BCUT2D eigenvalue weighted by Crippen LogP contribution is 2.33. The average molecular weight is 387 g/mol. The maximum atomic E-state index is 9.40. The van der Waals surface area contributed by atoms with E-state index in [1.165, 1.54) is 0 Å². The normalized spacial score (nSPS) is 29.7. The molecule has 0 radical (unpaired) electrons. The Kier molecular flexibility index (Phi) is 12.0. The van der Waals surface area contributed by atoms with Crippen LogP contribution in [0.15, 0.2) is 36.5 Å². The van der Waals surface area contributed by atoms with Crippen molar-refractivity contribution in [2.24, 2.45) is 0 Å². The highest BCUT2D eigenvalue weighted by molar-refractivity contribution is 5.13. The molecule has 2 heterocycles. The van der Waals surface area contributed by atoms with Crippen molar-refractivity contribution in [3.8, 4) is 0 Å². The molecule has 2 aliphatic heterocycles. The van der Waals surface area contributed by atoms with Gasteiger partial charge in [-0.3, -0.25) is 0 Å². The van der Waals surface area contributed by atoms with Crippen LogP contribution in [0.3, 0.4) is 0 Å². The van der Waals surface area contributed by atoms with Crippen molar-refractivity contribution in [3.05, 3.63) is 36.5 Å². The molecular weight excluding hydrogens is 348 g/mol. The number of aliphatic hydroxyl groups excluding tert-OH is 3. The molecule has 4 N–H and O–H groups in total. The third-order valence-corrected chi connectivity index (χ3v) is 4.49. The average Bonchev–Trinajstić information content (AvgIpc) is 3.60. The van der Waals surface area contributed by atoms with Crippen molar-refractivity contribution in [1.82, 2.24) is 0 Å². The molecule has 0 unspecified atom stereocenters. The molecule has 0 aromatic heterocycles. The largest absolute Gasteiger partial charge is 0.393 e. The zero-order chi connectivity index (χ0) is 21.0. The summed E-state index contributed by atoms with van der Waals surface area (Å²) >= 11 is 0. The van der Waals surface area contributed by atoms with Gasteiger partial charge in [0.05, 0.1) is 32.5 Å². The van der Waals surface area contributed by atoms with Gasteiger partial charge in [0.2, 0.25) is 0 Å². The first kappa shape index (κ1) is 26.0. The van der Waals surface area contributed by atoms with Crippen LogP contribution in [0.2, 0.25) is 0 Å². The van der Waals surface area contributed by atoms with E-state index < -0.39 is 5.60 Å². The molecule has 6 heteroatoms. The van der Waals surface area contributed by atoms with E-state index in [4.69, 9.17) is 19.7 Å². The topological polar surface area (TPSA) is 106 Å². The van der Waals surface area contributed by atoms with E-state index in [-0.39, 0.29) is 30.5 Å². The lowest BCUT2D eigenvalue weighted by molar-refractivity contribution is 0.0243. The molecule has 6 nitrogen and oxygen atoms in total. The van der Waals surface area contributed by atoms with Crippen LogP contribution in [-0.2, 0) is 9.47 Å². The first-order valence-corrected chi connectivity index (χ1v) is 9.58. The number of allylic oxidation sites excluding steroid dienone is 3. The number of rotatable bonds is 8. The van der Waals surface area contributed by atoms with E-state index in [1.54, 1.807) is 12.2 Å². The Hall–Kier alpha value is -1.02. The minimum Gasteiger partial charge on any atom is -0.393 e. The Bertz CT molecular complexity index is 471. The van der Waals surface area contributed by atoms with Gasteiger partial charge >= 0.3 is 0 Å². The predicted molar refractivity (Wildman–Crippen MR) is 108 cm³/mol. The molecule has 0 aliphatic carbocycles. The van der Waals surface area contributed by atoms with Crippen molar-refractivity contribution in [2.45, 2.75) is 70.4 Å². The Morgan fingerprint density at radius 2 is 1.56 bits per heavy atom. The molecule has 2 rings (SSSR count). The van der Waals surface area contributed by atoms with Gasteiger partial charge in [0.15, 0.2) is 0 Å². The molecule has 2 saturated heterocycles. The summed E-state index contributed by atoms with van der Waals surface area (Å²) in [4.78, 5) is 0. The second kappa shape index (κ2) is 12.4. The third-order valence-electron chi connectivity index (χ3n) is 4.49. The van der Waals surface area contributed by atoms with Gasteiger partial charge in [0.25, 0.3) is 0 Å². The first-order valence-electron chi connectivity index (χ1n) is 9.58. The van der Waals surface area contributed by atoms with Gasteiger partial charge < -0.3 is 29.9 Å². The minimum absolute atomic E-state index is 0.108. The quantitative estimate of drug-likeness (QED) is 0.376. The predicted octanol–water partition coefficient (Wildman–Crippen LogP) is 2.12. The number of ether oxygens (including phenoxy) is 2. The summed E-state index contributed by atoms with van der Waals surface area (Å²) in [5, 5.41) is 35.9. The van der Waals surface area contributed by atoms with Crippen molar-refractivity contribution in [1.29, 1.82) is 0 Å². The zero-order valence-electron chi connectivity index (χ0n) is 17.4. The highest BCUT2D eigenvalue weighted by atomic mass is 16.6. The molecule has 0 aromatic carbocycles. The van der Waals surface area contributed by atoms with E-state index in [1.807, 2.05) is 58.9 Å². The Labute approximate surface area is 163 Å². The summed E-state index contributed by atoms with van der Waals surface area (Å²) in [5.41, 5.74) is -1.59. The first-order chi connectivity index (χ1) is 12.8. The smallest absolute Gasteiger partial charge is 0.135 e. The lowest BCUT2D eigenvalue weighted by atomic mass is 10.0. The zero-order valence-corrected chi connectivity index (χ0v) is 17.4. The van der Waals surface area contributed by atoms with Crippen LogP contribution >= 0.6 is 0 Å². The van der Waals surface area contributed by atoms with Crippen LogP contribution in [0.4, 0.5) is 0 Å². The second-order valence-electron chi connectivity index (χ2n) is 6.79. The summed E-state index contributed by atoms with van der Waals surface area (Å²) in [6.45, 7) is 10.7. The SMILES string of the molecule is C/C=C/[C@](O)(CC)CO.C/C=C/[C@]1(CO)CO1.C/C=C/[C@]1([C@H](O)CC)CO1. The number of hydrogen-bond donors (Lipinski definition) is 4. The molecular formula is C21H38O6. The van der Waals surface area contributed by atoms with E-state index >= 15 is 0 Å². The highest BCUT2D eigenvalue weighted by Gasteiger charge is 2.47. The van der Waals surface area contributed by atoms with Gasteiger partial charge in [-0.25, -0.2) is 0 Å². The maximum absolute atomic E-state index is 9.40. The summed E-state index contributed by atoms with van der Waals surface area (Å²) in [6.07, 6.45) is 11.9. The molecule has 0 amide bonds. The number of epoxide rings is 2. The van der Waals surface area contributed by atoms with Crippen LogP contribution in [0.5, 0.6) is 0 Å². The fourth-order valence-electron chi connectivity index (χ4n) is 2.34. The van der Waals surface area contributed by atoms with E-state index in [0.29, 0.717) is 19.6 Å². The minimum atomic E-state index is -0.991. The molecule has 2 fully saturated rings. The van der Waals surface area contributed by atoms with Crippen LogP contribution in [0.1, 0.15) is 47.5 Å². The van der Waals surface area contributed by atoms with Crippen molar-refractivity contribution in [2.75, 3.05) is 26.4 Å². The fourth-order valence-corrected chi connectivity index (χ4v) is 2.34. The van der Waals surface area contributed by atoms with Gasteiger partial charge in [-0.05, 0) is 33.6 Å². The van der Waals surface area contributed by atoms with Crippen molar-refractivity contribution in [3.63, 3.8) is 0 Å². The van der Waals surface area contributed by atoms with Crippen molar-refractivity contribution < 1.29 is 29.9 Å². The summed E-state index contributed by atoms with van der Waals surface area (Å²) in [7, 11) is 0. The Balaban J connectivity index is 0.000000378. The van der Waals surface area contributed by atoms with Crippen LogP contribution in [0.25, 0.3) is 0 Å². The Morgan fingerprint density at radius 1 is 1.00 bits per heavy atom. The monoisotopic (exact) mass is 386 g/mol. The van der Waals surface area contributed by atoms with Crippen LogP contribution in [0, 0.1) is 0 Å². The van der Waals surface area contributed by atoms with E-state index in [9.17, 15) is 10.2 Å². The molecule has 27 heavy (non-hydrogen) atoms. The second-order valence-corrected chi connectivity index (χ2v) is 6.79. The molecule has 4 atom stereocenters. The van der Waals surface area contributed by atoms with E-state index in [0.717, 1.165) is 6.42 Å². The molecule has 0 bridgehead atoms. The molecule has 0 aromatic rings. The summed E-state index contributed by atoms with van der Waals surface area (Å²) < 4.78 is 10.1.